The lowest BCUT2D eigenvalue weighted by Gasteiger charge is -2.04. The second-order valence-electron chi connectivity index (χ2n) is 3.33. The van der Waals surface area contributed by atoms with Crippen molar-refractivity contribution in [1.82, 2.24) is 5.32 Å². The molecule has 0 aromatic carbocycles. The highest BCUT2D eigenvalue weighted by Gasteiger charge is 1.96. The molecule has 0 aliphatic carbocycles. The summed E-state index contributed by atoms with van der Waals surface area (Å²) >= 11 is 6.55. The highest BCUT2D eigenvalue weighted by molar-refractivity contribution is 8.22. The molecular weight excluding hydrogens is 230 g/mol. The minimum atomic E-state index is -0.693. The second kappa shape index (κ2) is 10.2. The number of thioether (sulfide) groups is 1. The number of carbonyl (C=O) groups is 1. The molecule has 0 spiro atoms. The maximum absolute atomic E-state index is 10.2. The molecule has 0 aliphatic heterocycles. The van der Waals surface area contributed by atoms with Crippen LogP contribution in [0.2, 0.25) is 0 Å². The van der Waals surface area contributed by atoms with Crippen LogP contribution in [0.5, 0.6) is 0 Å². The Bertz CT molecular complexity index is 198. The average molecular weight is 249 g/mol. The number of carboxylic acid groups (broad SMARTS) is 1. The van der Waals surface area contributed by atoms with Gasteiger partial charge in [-0.2, -0.15) is 0 Å². The van der Waals surface area contributed by atoms with Crippen LogP contribution in [0.25, 0.3) is 0 Å². The third-order valence-corrected chi connectivity index (χ3v) is 3.18. The number of rotatable bonds is 8. The predicted octanol–water partition coefficient (Wildman–Crippen LogP) is 2.65. The Labute approximate surface area is 101 Å². The molecule has 0 aromatic heterocycles. The molecule has 3 nitrogen and oxygen atoms in total. The normalized spacial score (nSPS) is 9.93. The van der Waals surface area contributed by atoms with Crippen molar-refractivity contribution in [3.05, 3.63) is 0 Å². The van der Waals surface area contributed by atoms with E-state index in [1.165, 1.54) is 0 Å². The van der Waals surface area contributed by atoms with Crippen LogP contribution in [0.1, 0.15) is 38.5 Å². The van der Waals surface area contributed by atoms with Crippen molar-refractivity contribution in [3.8, 4) is 0 Å². The van der Waals surface area contributed by atoms with Crippen molar-refractivity contribution in [1.29, 1.82) is 0 Å². The highest BCUT2D eigenvalue weighted by atomic mass is 32.2. The van der Waals surface area contributed by atoms with E-state index in [2.05, 4.69) is 5.32 Å². The molecule has 0 amide bonds. The fourth-order valence-corrected chi connectivity index (χ4v) is 1.54. The zero-order valence-corrected chi connectivity index (χ0v) is 10.8. The van der Waals surface area contributed by atoms with Crippen molar-refractivity contribution in [2.24, 2.45) is 0 Å². The van der Waals surface area contributed by atoms with Crippen LogP contribution in [0.15, 0.2) is 0 Å². The number of nitrogens with one attached hydrogen (secondary N) is 1. The van der Waals surface area contributed by atoms with Gasteiger partial charge in [0.15, 0.2) is 0 Å². The molecule has 2 N–H and O–H groups in total. The molecule has 88 valence electrons. The van der Waals surface area contributed by atoms with Crippen molar-refractivity contribution in [3.63, 3.8) is 0 Å². The number of hydrogen-bond donors (Lipinski definition) is 2. The summed E-state index contributed by atoms with van der Waals surface area (Å²) in [4.78, 5) is 10.2. The van der Waals surface area contributed by atoms with Gasteiger partial charge in [-0.3, -0.25) is 4.79 Å². The lowest BCUT2D eigenvalue weighted by Crippen LogP contribution is -2.18. The molecule has 0 aliphatic rings. The molecule has 0 aromatic rings. The van der Waals surface area contributed by atoms with E-state index in [4.69, 9.17) is 17.3 Å². The molecule has 0 atom stereocenters. The summed E-state index contributed by atoms with van der Waals surface area (Å²) in [5.41, 5.74) is 0. The average Bonchev–Trinajstić information content (AvgIpc) is 2.21. The summed E-state index contributed by atoms with van der Waals surface area (Å²) in [6.07, 6.45) is 7.43. The van der Waals surface area contributed by atoms with E-state index in [1.54, 1.807) is 11.8 Å². The Morgan fingerprint density at radius 1 is 1.27 bits per heavy atom. The fraction of sp³-hybridized carbons (Fsp3) is 0.800. The van der Waals surface area contributed by atoms with Gasteiger partial charge in [0.05, 0.1) is 0 Å². The first-order valence-electron chi connectivity index (χ1n) is 5.20. The predicted molar refractivity (Wildman–Crippen MR) is 69.5 cm³/mol. The Hall–Kier alpha value is -0.290. The number of aliphatic carboxylic acids is 1. The summed E-state index contributed by atoms with van der Waals surface area (Å²) in [6.45, 7) is 0.929. The maximum atomic E-state index is 10.2. The molecule has 0 saturated heterocycles. The molecule has 0 unspecified atom stereocenters. The number of carboxylic acids is 1. The van der Waals surface area contributed by atoms with Gasteiger partial charge in [-0.25, -0.2) is 0 Å². The van der Waals surface area contributed by atoms with Gasteiger partial charge < -0.3 is 10.4 Å². The smallest absolute Gasteiger partial charge is 0.303 e. The van der Waals surface area contributed by atoms with Crippen molar-refractivity contribution in [2.75, 3.05) is 12.8 Å². The number of hydrogen-bond acceptors (Lipinski definition) is 3. The van der Waals surface area contributed by atoms with Gasteiger partial charge in [0.2, 0.25) is 0 Å². The van der Waals surface area contributed by atoms with Crippen LogP contribution < -0.4 is 5.32 Å². The summed E-state index contributed by atoms with van der Waals surface area (Å²) in [5.74, 6) is -0.693. The van der Waals surface area contributed by atoms with Crippen LogP contribution >= 0.6 is 24.0 Å². The summed E-state index contributed by atoms with van der Waals surface area (Å²) in [5, 5.41) is 11.6. The van der Waals surface area contributed by atoms with E-state index in [1.807, 2.05) is 6.26 Å². The molecule has 0 heterocycles. The molecule has 0 saturated carbocycles. The SMILES string of the molecule is CSC(=S)NCCCCCCCC(=O)O. The highest BCUT2D eigenvalue weighted by Crippen LogP contribution is 2.05. The van der Waals surface area contributed by atoms with E-state index in [9.17, 15) is 4.79 Å². The first kappa shape index (κ1) is 14.7. The summed E-state index contributed by atoms with van der Waals surface area (Å²) in [6, 6.07) is 0. The minimum absolute atomic E-state index is 0.300. The van der Waals surface area contributed by atoms with Crippen LogP contribution in [-0.4, -0.2) is 28.2 Å². The van der Waals surface area contributed by atoms with Gasteiger partial charge in [-0.05, 0) is 19.1 Å². The topological polar surface area (TPSA) is 49.3 Å². The quantitative estimate of drug-likeness (QED) is 0.511. The van der Waals surface area contributed by atoms with Crippen molar-refractivity contribution < 1.29 is 9.90 Å². The third kappa shape index (κ3) is 11.6. The monoisotopic (exact) mass is 249 g/mol. The van der Waals surface area contributed by atoms with Gasteiger partial charge in [0, 0.05) is 13.0 Å². The summed E-state index contributed by atoms with van der Waals surface area (Å²) in [7, 11) is 0. The lowest BCUT2D eigenvalue weighted by atomic mass is 10.1. The Kier molecular flexibility index (Phi) is 10.0. The number of thiocarbonyl (C=S) groups is 1. The van der Waals surface area contributed by atoms with Crippen molar-refractivity contribution >= 4 is 34.3 Å². The van der Waals surface area contributed by atoms with E-state index >= 15 is 0 Å². The van der Waals surface area contributed by atoms with E-state index in [0.717, 1.165) is 43.0 Å². The second-order valence-corrected chi connectivity index (χ2v) is 4.81. The first-order chi connectivity index (χ1) is 7.16. The zero-order chi connectivity index (χ0) is 11.5. The Morgan fingerprint density at radius 2 is 1.87 bits per heavy atom. The van der Waals surface area contributed by atoms with Gasteiger partial charge in [0.1, 0.15) is 4.32 Å². The summed E-state index contributed by atoms with van der Waals surface area (Å²) < 4.78 is 0.848. The van der Waals surface area contributed by atoms with Crippen LogP contribution in [0.4, 0.5) is 0 Å². The molecular formula is C10H19NO2S2. The standard InChI is InChI=1S/C10H19NO2S2/c1-15-10(14)11-8-6-4-2-3-5-7-9(12)13/h2-8H2,1H3,(H,11,14)(H,12,13). The van der Waals surface area contributed by atoms with Gasteiger partial charge in [-0.15, -0.1) is 11.8 Å². The van der Waals surface area contributed by atoms with Crippen LogP contribution in [0, 0.1) is 0 Å². The van der Waals surface area contributed by atoms with E-state index in [0.29, 0.717) is 6.42 Å². The van der Waals surface area contributed by atoms with Crippen LogP contribution in [-0.2, 0) is 4.79 Å². The van der Waals surface area contributed by atoms with Gasteiger partial charge in [-0.1, -0.05) is 31.5 Å². The zero-order valence-electron chi connectivity index (χ0n) is 9.12. The Morgan fingerprint density at radius 3 is 2.47 bits per heavy atom. The maximum Gasteiger partial charge on any atom is 0.303 e. The Balaban J connectivity index is 3.05. The lowest BCUT2D eigenvalue weighted by molar-refractivity contribution is -0.137. The van der Waals surface area contributed by atoms with Gasteiger partial charge >= 0.3 is 5.97 Å². The largest absolute Gasteiger partial charge is 0.481 e. The van der Waals surface area contributed by atoms with Crippen molar-refractivity contribution in [2.45, 2.75) is 38.5 Å². The number of unbranched alkanes of at least 4 members (excludes halogenated alkanes) is 4. The first-order valence-corrected chi connectivity index (χ1v) is 6.83. The van der Waals surface area contributed by atoms with E-state index in [-0.39, 0.29) is 0 Å². The molecule has 0 fully saturated rings. The van der Waals surface area contributed by atoms with Gasteiger partial charge in [0.25, 0.3) is 0 Å². The minimum Gasteiger partial charge on any atom is -0.481 e. The van der Waals surface area contributed by atoms with Crippen LogP contribution in [0.3, 0.4) is 0 Å². The molecule has 0 radical (unpaired) electrons. The molecule has 0 bridgehead atoms. The molecule has 0 rings (SSSR count). The molecule has 15 heavy (non-hydrogen) atoms. The fourth-order valence-electron chi connectivity index (χ4n) is 1.19. The molecule has 5 heteroatoms. The third-order valence-electron chi connectivity index (χ3n) is 2.02. The van der Waals surface area contributed by atoms with E-state index < -0.39 is 5.97 Å².